The Hall–Kier alpha value is -3.33. The lowest BCUT2D eigenvalue weighted by molar-refractivity contribution is 0.0964. The summed E-state index contributed by atoms with van der Waals surface area (Å²) < 4.78 is 51.4. The van der Waals surface area contributed by atoms with Gasteiger partial charge in [0, 0.05) is 36.7 Å². The number of methoxy groups -OCH3 is 1. The van der Waals surface area contributed by atoms with E-state index in [1.54, 1.807) is 12.1 Å². The summed E-state index contributed by atoms with van der Waals surface area (Å²) in [4.78, 5) is 12.9. The van der Waals surface area contributed by atoms with Crippen LogP contribution in [0.5, 0.6) is 5.75 Å². The number of anilines is 1. The van der Waals surface area contributed by atoms with E-state index >= 15 is 0 Å². The number of fused-ring (bicyclic) bond motifs is 2. The van der Waals surface area contributed by atoms with E-state index in [4.69, 9.17) is 9.15 Å². The van der Waals surface area contributed by atoms with Crippen LogP contribution in [0.2, 0.25) is 0 Å². The van der Waals surface area contributed by atoms with Gasteiger partial charge in [0.15, 0.2) is 5.76 Å². The Morgan fingerprint density at radius 3 is 2.66 bits per heavy atom. The van der Waals surface area contributed by atoms with Crippen LogP contribution in [0, 0.1) is 5.82 Å². The van der Waals surface area contributed by atoms with Crippen LogP contribution in [-0.2, 0) is 10.0 Å². The van der Waals surface area contributed by atoms with Gasteiger partial charge in [0.25, 0.3) is 5.91 Å². The largest absolute Gasteiger partial charge is 0.496 e. The fourth-order valence-electron chi connectivity index (χ4n) is 4.05. The van der Waals surface area contributed by atoms with Gasteiger partial charge in [-0.3, -0.25) is 9.10 Å². The van der Waals surface area contributed by atoms with Gasteiger partial charge in [0.1, 0.15) is 17.1 Å². The first-order chi connectivity index (χ1) is 15.2. The molecule has 0 atom stereocenters. The maximum atomic E-state index is 13.8. The van der Waals surface area contributed by atoms with Crippen LogP contribution >= 0.6 is 0 Å². The van der Waals surface area contributed by atoms with Crippen molar-refractivity contribution < 1.29 is 26.8 Å². The summed E-state index contributed by atoms with van der Waals surface area (Å²) in [6, 6.07) is 7.29. The fourth-order valence-corrected chi connectivity index (χ4v) is 5.02. The van der Waals surface area contributed by atoms with Crippen molar-refractivity contribution in [2.75, 3.05) is 31.3 Å². The molecule has 1 aliphatic rings. The third kappa shape index (κ3) is 3.62. The van der Waals surface area contributed by atoms with Crippen molar-refractivity contribution in [3.05, 3.63) is 53.9 Å². The number of carbonyl (C=O) groups is 1. The summed E-state index contributed by atoms with van der Waals surface area (Å²) in [5.74, 6) is -0.481. The number of hydrogen-bond acceptors (Lipinski definition) is 5. The molecule has 9 heteroatoms. The Morgan fingerprint density at radius 1 is 1.25 bits per heavy atom. The van der Waals surface area contributed by atoms with Crippen LogP contribution in [0.4, 0.5) is 10.1 Å². The highest BCUT2D eigenvalue weighted by Crippen LogP contribution is 2.43. The van der Waals surface area contributed by atoms with Crippen molar-refractivity contribution in [1.82, 2.24) is 5.32 Å². The molecular formula is C23H23FN2O5S. The molecule has 0 unspecified atom stereocenters. The van der Waals surface area contributed by atoms with Crippen LogP contribution in [0.1, 0.15) is 28.8 Å². The van der Waals surface area contributed by atoms with Gasteiger partial charge in [-0.05, 0) is 36.6 Å². The van der Waals surface area contributed by atoms with Gasteiger partial charge < -0.3 is 14.5 Å². The smallest absolute Gasteiger partial charge is 0.255 e. The third-order valence-electron chi connectivity index (χ3n) is 5.56. The van der Waals surface area contributed by atoms with Crippen molar-refractivity contribution in [3.63, 3.8) is 0 Å². The monoisotopic (exact) mass is 458 g/mol. The Balaban J connectivity index is 2.07. The first-order valence-corrected chi connectivity index (χ1v) is 11.8. The molecule has 3 aromatic rings. The number of rotatable bonds is 4. The summed E-state index contributed by atoms with van der Waals surface area (Å²) in [5, 5.41) is 3.11. The minimum absolute atomic E-state index is 0.202. The van der Waals surface area contributed by atoms with Gasteiger partial charge in [-0.2, -0.15) is 0 Å². The van der Waals surface area contributed by atoms with Gasteiger partial charge in [-0.25, -0.2) is 12.8 Å². The first kappa shape index (κ1) is 21.9. The van der Waals surface area contributed by atoms with Crippen molar-refractivity contribution in [1.29, 1.82) is 0 Å². The molecule has 0 saturated carbocycles. The van der Waals surface area contributed by atoms with Crippen LogP contribution in [-0.4, -0.2) is 41.3 Å². The zero-order valence-corrected chi connectivity index (χ0v) is 18.8. The molecular weight excluding hydrogens is 435 g/mol. The Labute approximate surface area is 185 Å². The highest BCUT2D eigenvalue weighted by molar-refractivity contribution is 7.92. The summed E-state index contributed by atoms with van der Waals surface area (Å²) in [7, 11) is -0.637. The molecule has 1 aliphatic heterocycles. The number of hydrogen-bond donors (Lipinski definition) is 1. The van der Waals surface area contributed by atoms with E-state index in [1.165, 1.54) is 36.7 Å². The first-order valence-electron chi connectivity index (χ1n) is 9.98. The topological polar surface area (TPSA) is 88.8 Å². The number of amides is 1. The summed E-state index contributed by atoms with van der Waals surface area (Å²) in [6.45, 7) is 4.44. The van der Waals surface area contributed by atoms with Crippen LogP contribution < -0.4 is 14.4 Å². The zero-order valence-electron chi connectivity index (χ0n) is 18.0. The number of allylic oxidation sites excluding steroid dienone is 1. The standard InChI is InChI=1S/C23H23FN2O5S/c1-13-6-5-9-26(32(4,28)29)18-12-20-17(11-16(13)18)21(23(27)25-2)22(31-20)15-8-7-14(24)10-19(15)30-3/h7-8,10-12H,1,5-6,9H2,2-4H3,(H,25,27). The quantitative estimate of drug-likeness (QED) is 0.634. The number of furan rings is 1. The van der Waals surface area contributed by atoms with E-state index in [9.17, 15) is 17.6 Å². The van der Waals surface area contributed by atoms with Gasteiger partial charge in [0.05, 0.1) is 30.2 Å². The lowest BCUT2D eigenvalue weighted by atomic mass is 9.98. The minimum atomic E-state index is -3.54. The van der Waals surface area contributed by atoms with Gasteiger partial charge in [0.2, 0.25) is 10.0 Å². The summed E-state index contributed by atoms with van der Waals surface area (Å²) in [5.41, 5.74) is 2.85. The van der Waals surface area contributed by atoms with Crippen LogP contribution in [0.15, 0.2) is 41.3 Å². The van der Waals surface area contributed by atoms with E-state index in [2.05, 4.69) is 11.9 Å². The second kappa shape index (κ2) is 7.98. The molecule has 2 aromatic carbocycles. The lowest BCUT2D eigenvalue weighted by Crippen LogP contribution is -2.30. The number of nitrogens with one attached hydrogen (secondary N) is 1. The second-order valence-corrected chi connectivity index (χ2v) is 9.54. The maximum Gasteiger partial charge on any atom is 0.255 e. The molecule has 4 rings (SSSR count). The highest BCUT2D eigenvalue weighted by Gasteiger charge is 2.29. The molecule has 2 heterocycles. The number of carbonyl (C=O) groups excluding carboxylic acids is 1. The normalized spacial score (nSPS) is 14.2. The molecule has 0 saturated heterocycles. The molecule has 0 aliphatic carbocycles. The Bertz CT molecular complexity index is 1360. The maximum absolute atomic E-state index is 13.8. The number of ether oxygens (including phenoxy) is 1. The fraction of sp³-hybridized carbons (Fsp3) is 0.261. The van der Waals surface area contributed by atoms with Crippen molar-refractivity contribution in [2.24, 2.45) is 0 Å². The predicted molar refractivity (Wildman–Crippen MR) is 122 cm³/mol. The van der Waals surface area contributed by atoms with E-state index in [1.807, 2.05) is 0 Å². The molecule has 1 aromatic heterocycles. The molecule has 0 bridgehead atoms. The number of sulfonamides is 1. The van der Waals surface area contributed by atoms with Gasteiger partial charge in [-0.1, -0.05) is 6.58 Å². The van der Waals surface area contributed by atoms with E-state index < -0.39 is 21.7 Å². The molecule has 0 radical (unpaired) electrons. The summed E-state index contributed by atoms with van der Waals surface area (Å²) >= 11 is 0. The van der Waals surface area contributed by atoms with Crippen molar-refractivity contribution >= 4 is 38.2 Å². The highest BCUT2D eigenvalue weighted by atomic mass is 32.2. The molecule has 0 fully saturated rings. The predicted octanol–water partition coefficient (Wildman–Crippen LogP) is 4.18. The van der Waals surface area contributed by atoms with Gasteiger partial charge in [-0.15, -0.1) is 0 Å². The van der Waals surface area contributed by atoms with E-state index in [-0.39, 0.29) is 17.1 Å². The average Bonchev–Trinajstić information content (AvgIpc) is 3.03. The lowest BCUT2D eigenvalue weighted by Gasteiger charge is -2.22. The van der Waals surface area contributed by atoms with E-state index in [0.29, 0.717) is 47.2 Å². The van der Waals surface area contributed by atoms with E-state index in [0.717, 1.165) is 11.8 Å². The van der Waals surface area contributed by atoms with Crippen molar-refractivity contribution in [2.45, 2.75) is 12.8 Å². The third-order valence-corrected chi connectivity index (χ3v) is 6.74. The molecule has 168 valence electrons. The minimum Gasteiger partial charge on any atom is -0.496 e. The summed E-state index contributed by atoms with van der Waals surface area (Å²) in [6.07, 6.45) is 2.40. The Morgan fingerprint density at radius 2 is 2.00 bits per heavy atom. The number of benzene rings is 2. The molecule has 7 nitrogen and oxygen atoms in total. The molecule has 1 amide bonds. The van der Waals surface area contributed by atoms with Crippen LogP contribution in [0.3, 0.4) is 0 Å². The zero-order chi connectivity index (χ0) is 23.2. The average molecular weight is 459 g/mol. The SMILES string of the molecule is C=C1CCCN(S(C)(=O)=O)c2cc3oc(-c4ccc(F)cc4OC)c(C(=O)NC)c3cc21. The Kier molecular flexibility index (Phi) is 5.46. The molecule has 32 heavy (non-hydrogen) atoms. The van der Waals surface area contributed by atoms with Gasteiger partial charge >= 0.3 is 0 Å². The number of halogens is 1. The van der Waals surface area contributed by atoms with Crippen molar-refractivity contribution in [3.8, 4) is 17.1 Å². The van der Waals surface area contributed by atoms with Crippen LogP contribution in [0.25, 0.3) is 27.9 Å². The molecule has 1 N–H and O–H groups in total. The number of nitrogens with zero attached hydrogens (tertiary/aromatic N) is 1. The molecule has 0 spiro atoms. The second-order valence-electron chi connectivity index (χ2n) is 7.64.